The van der Waals surface area contributed by atoms with E-state index in [0.29, 0.717) is 11.5 Å². The van der Waals surface area contributed by atoms with Crippen molar-refractivity contribution in [3.8, 4) is 0 Å². The van der Waals surface area contributed by atoms with Crippen LogP contribution in [0.1, 0.15) is 69.5 Å². The van der Waals surface area contributed by atoms with Gasteiger partial charge in [-0.1, -0.05) is 44.9 Å². The zero-order chi connectivity index (χ0) is 14.9. The van der Waals surface area contributed by atoms with Crippen molar-refractivity contribution in [2.24, 2.45) is 5.41 Å². The maximum absolute atomic E-state index is 5.05. The van der Waals surface area contributed by atoms with E-state index in [1.807, 2.05) is 11.3 Å². The topological polar surface area (TPSA) is 28.2 Å². The van der Waals surface area contributed by atoms with E-state index in [1.165, 1.54) is 60.9 Å². The summed E-state index contributed by atoms with van der Waals surface area (Å²) in [7, 11) is 0. The largest absolute Gasteiger partial charge is 0.348 e. The van der Waals surface area contributed by atoms with Crippen molar-refractivity contribution in [1.29, 1.82) is 0 Å². The van der Waals surface area contributed by atoms with Crippen LogP contribution in [0.25, 0.3) is 0 Å². The summed E-state index contributed by atoms with van der Waals surface area (Å²) >= 11 is 1.95. The molecule has 21 heavy (non-hydrogen) atoms. The number of nitrogens with zero attached hydrogens (tertiary/aromatic N) is 2. The Labute approximate surface area is 133 Å². The molecular weight excluding hydrogens is 278 g/mol. The number of hydrogen-bond acceptors (Lipinski definition) is 4. The predicted octanol–water partition coefficient (Wildman–Crippen LogP) is 4.15. The van der Waals surface area contributed by atoms with Gasteiger partial charge < -0.3 is 10.2 Å². The average Bonchev–Trinajstić information content (AvgIpc) is 2.66. The van der Waals surface area contributed by atoms with Crippen LogP contribution in [0.15, 0.2) is 0 Å². The fourth-order valence-corrected chi connectivity index (χ4v) is 4.94. The number of thiazole rings is 1. The van der Waals surface area contributed by atoms with Gasteiger partial charge in [-0.25, -0.2) is 4.98 Å². The van der Waals surface area contributed by atoms with E-state index in [-0.39, 0.29) is 0 Å². The van der Waals surface area contributed by atoms with Gasteiger partial charge in [-0.05, 0) is 37.6 Å². The molecule has 0 spiro atoms. The smallest absolute Gasteiger partial charge is 0.185 e. The summed E-state index contributed by atoms with van der Waals surface area (Å²) < 4.78 is 0. The average molecular weight is 308 g/mol. The van der Waals surface area contributed by atoms with Crippen LogP contribution in [0, 0.1) is 5.41 Å². The van der Waals surface area contributed by atoms with E-state index < -0.39 is 0 Å². The van der Waals surface area contributed by atoms with Crippen LogP contribution in [0.5, 0.6) is 0 Å². The van der Waals surface area contributed by atoms with Gasteiger partial charge in [-0.3, -0.25) is 0 Å². The summed E-state index contributed by atoms with van der Waals surface area (Å²) in [5.74, 6) is 0. The first-order chi connectivity index (χ1) is 10.1. The summed E-state index contributed by atoms with van der Waals surface area (Å²) in [4.78, 5) is 9.09. The highest BCUT2D eigenvalue weighted by molar-refractivity contribution is 7.15. The van der Waals surface area contributed by atoms with Crippen molar-refractivity contribution < 1.29 is 0 Å². The molecule has 0 radical (unpaired) electrons. The van der Waals surface area contributed by atoms with Gasteiger partial charge in [0.05, 0.1) is 5.69 Å². The van der Waals surface area contributed by atoms with Crippen LogP contribution in [0.2, 0.25) is 0 Å². The molecule has 118 valence electrons. The molecule has 2 heterocycles. The third-order valence-electron chi connectivity index (χ3n) is 4.76. The van der Waals surface area contributed by atoms with Crippen LogP contribution in [0.3, 0.4) is 0 Å². The minimum Gasteiger partial charge on any atom is -0.348 e. The van der Waals surface area contributed by atoms with E-state index >= 15 is 0 Å². The van der Waals surface area contributed by atoms with E-state index in [4.69, 9.17) is 4.98 Å². The number of hydrogen-bond donors (Lipinski definition) is 1. The first-order valence-corrected chi connectivity index (χ1v) is 9.38. The second-order valence-corrected chi connectivity index (χ2v) is 8.37. The Hall–Kier alpha value is -0.610. The first-order valence-electron chi connectivity index (χ1n) is 8.57. The molecule has 3 rings (SSSR count). The molecule has 0 aromatic carbocycles. The van der Waals surface area contributed by atoms with Gasteiger partial charge >= 0.3 is 0 Å². The van der Waals surface area contributed by atoms with Gasteiger partial charge in [-0.15, -0.1) is 0 Å². The molecule has 1 aromatic heterocycles. The quantitative estimate of drug-likeness (QED) is 0.909. The van der Waals surface area contributed by atoms with E-state index in [1.54, 1.807) is 0 Å². The number of nitrogens with one attached hydrogen (secondary N) is 1. The Balaban J connectivity index is 1.86. The summed E-state index contributed by atoms with van der Waals surface area (Å²) in [6.07, 6.45) is 7.78. The number of anilines is 1. The monoisotopic (exact) mass is 307 g/mol. The Morgan fingerprint density at radius 2 is 1.95 bits per heavy atom. The van der Waals surface area contributed by atoms with E-state index in [0.717, 1.165) is 13.0 Å². The lowest BCUT2D eigenvalue weighted by atomic mass is 9.76. The van der Waals surface area contributed by atoms with E-state index in [2.05, 4.69) is 31.0 Å². The van der Waals surface area contributed by atoms with Gasteiger partial charge in [0.1, 0.15) is 0 Å². The van der Waals surface area contributed by atoms with E-state index in [9.17, 15) is 0 Å². The standard InChI is InChI=1S/C17H29N3S/c1-4-18-13-11-17(2,3)12-14-15(13)21-16(19-14)20-9-7-5-6-8-10-20/h13,18H,4-12H2,1-3H3. The zero-order valence-electron chi connectivity index (χ0n) is 13.7. The van der Waals surface area contributed by atoms with Crippen LogP contribution in [0.4, 0.5) is 5.13 Å². The second-order valence-electron chi connectivity index (χ2n) is 7.36. The third-order valence-corrected chi connectivity index (χ3v) is 6.03. The molecular formula is C17H29N3S. The maximum Gasteiger partial charge on any atom is 0.185 e. The fourth-order valence-electron chi connectivity index (χ4n) is 3.73. The number of rotatable bonds is 3. The van der Waals surface area contributed by atoms with Crippen LogP contribution in [-0.2, 0) is 6.42 Å². The second kappa shape index (κ2) is 6.25. The molecule has 1 fully saturated rings. The molecule has 1 aliphatic carbocycles. The predicted molar refractivity (Wildman–Crippen MR) is 91.3 cm³/mol. The normalized spacial score (nSPS) is 25.5. The first kappa shape index (κ1) is 15.3. The summed E-state index contributed by atoms with van der Waals surface area (Å²) in [6, 6.07) is 0.506. The van der Waals surface area contributed by atoms with Crippen molar-refractivity contribution in [2.75, 3.05) is 24.5 Å². The minimum atomic E-state index is 0.365. The van der Waals surface area contributed by atoms with Crippen LogP contribution in [-0.4, -0.2) is 24.6 Å². The molecule has 1 saturated heterocycles. The number of aromatic nitrogens is 1. The van der Waals surface area contributed by atoms with Crippen LogP contribution < -0.4 is 10.2 Å². The lowest BCUT2D eigenvalue weighted by molar-refractivity contribution is 0.260. The zero-order valence-corrected chi connectivity index (χ0v) is 14.6. The van der Waals surface area contributed by atoms with Crippen molar-refractivity contribution in [3.63, 3.8) is 0 Å². The maximum atomic E-state index is 5.05. The Morgan fingerprint density at radius 3 is 2.62 bits per heavy atom. The van der Waals surface area contributed by atoms with Crippen molar-refractivity contribution in [3.05, 3.63) is 10.6 Å². The molecule has 1 aromatic rings. The molecule has 0 amide bonds. The Bertz CT molecular complexity index is 472. The molecule has 0 saturated carbocycles. The lowest BCUT2D eigenvalue weighted by Gasteiger charge is -2.34. The molecule has 1 atom stereocenters. The summed E-state index contributed by atoms with van der Waals surface area (Å²) in [5.41, 5.74) is 1.73. The highest BCUT2D eigenvalue weighted by Crippen LogP contribution is 2.44. The van der Waals surface area contributed by atoms with Crippen molar-refractivity contribution >= 4 is 16.5 Å². The molecule has 4 heteroatoms. The molecule has 3 nitrogen and oxygen atoms in total. The SMILES string of the molecule is CCNC1CC(C)(C)Cc2nc(N3CCCCCC3)sc21. The summed E-state index contributed by atoms with van der Waals surface area (Å²) in [6.45, 7) is 10.4. The molecule has 1 N–H and O–H groups in total. The highest BCUT2D eigenvalue weighted by atomic mass is 32.1. The van der Waals surface area contributed by atoms with Crippen LogP contribution >= 0.6 is 11.3 Å². The Kier molecular flexibility index (Phi) is 4.55. The molecule has 1 unspecified atom stereocenters. The number of fused-ring (bicyclic) bond motifs is 1. The van der Waals surface area contributed by atoms with Gasteiger partial charge in [-0.2, -0.15) is 0 Å². The van der Waals surface area contributed by atoms with Crippen molar-refractivity contribution in [2.45, 2.75) is 65.3 Å². The third kappa shape index (κ3) is 3.42. The molecule has 1 aliphatic heterocycles. The van der Waals surface area contributed by atoms with Gasteiger partial charge in [0.2, 0.25) is 0 Å². The van der Waals surface area contributed by atoms with Crippen molar-refractivity contribution in [1.82, 2.24) is 10.3 Å². The molecule has 0 bridgehead atoms. The van der Waals surface area contributed by atoms with Gasteiger partial charge in [0.25, 0.3) is 0 Å². The Morgan fingerprint density at radius 1 is 1.24 bits per heavy atom. The summed E-state index contributed by atoms with van der Waals surface area (Å²) in [5, 5.41) is 4.96. The highest BCUT2D eigenvalue weighted by Gasteiger charge is 2.35. The van der Waals surface area contributed by atoms with Gasteiger partial charge in [0.15, 0.2) is 5.13 Å². The fraction of sp³-hybridized carbons (Fsp3) is 0.824. The van der Waals surface area contributed by atoms with Gasteiger partial charge in [0, 0.05) is 24.0 Å². The molecule has 2 aliphatic rings. The minimum absolute atomic E-state index is 0.365. The lowest BCUT2D eigenvalue weighted by Crippen LogP contribution is -2.32.